The van der Waals surface area contributed by atoms with Gasteiger partial charge in [0.15, 0.2) is 0 Å². The summed E-state index contributed by atoms with van der Waals surface area (Å²) in [5.41, 5.74) is 3.67. The number of aromatic amines is 1. The molecule has 1 aliphatic heterocycles. The largest absolute Gasteiger partial charge is 0.391 e. The maximum absolute atomic E-state index is 10.4. The minimum absolute atomic E-state index is 0.244. The summed E-state index contributed by atoms with van der Waals surface area (Å²) in [6.45, 7) is 4.71. The Morgan fingerprint density at radius 1 is 1.33 bits per heavy atom. The van der Waals surface area contributed by atoms with Crippen molar-refractivity contribution in [3.63, 3.8) is 0 Å². The number of aliphatic hydroxyl groups is 1. The highest BCUT2D eigenvalue weighted by atomic mass is 16.3. The number of aliphatic hydroxyl groups excluding tert-OH is 1. The van der Waals surface area contributed by atoms with E-state index in [0.717, 1.165) is 38.2 Å². The number of piperidine rings is 1. The molecule has 0 saturated carbocycles. The third-order valence-electron chi connectivity index (χ3n) is 4.47. The van der Waals surface area contributed by atoms with Gasteiger partial charge in [-0.3, -0.25) is 10.00 Å². The van der Waals surface area contributed by atoms with Crippen LogP contribution in [0.2, 0.25) is 0 Å². The van der Waals surface area contributed by atoms with Crippen molar-refractivity contribution in [3.8, 4) is 0 Å². The van der Waals surface area contributed by atoms with Gasteiger partial charge in [-0.25, -0.2) is 0 Å². The van der Waals surface area contributed by atoms with Gasteiger partial charge in [-0.1, -0.05) is 30.3 Å². The van der Waals surface area contributed by atoms with Gasteiger partial charge in [-0.2, -0.15) is 5.10 Å². The highest BCUT2D eigenvalue weighted by Gasteiger charge is 2.28. The minimum Gasteiger partial charge on any atom is -0.391 e. The number of aryl methyl sites for hydroxylation is 1. The van der Waals surface area contributed by atoms with Gasteiger partial charge < -0.3 is 5.11 Å². The average Bonchev–Trinajstić information content (AvgIpc) is 2.88. The fourth-order valence-corrected chi connectivity index (χ4v) is 3.12. The van der Waals surface area contributed by atoms with Gasteiger partial charge in [0, 0.05) is 24.3 Å². The predicted octanol–water partition coefficient (Wildman–Crippen LogP) is 2.14. The molecule has 3 rings (SSSR count). The summed E-state index contributed by atoms with van der Waals surface area (Å²) in [5, 5.41) is 17.5. The van der Waals surface area contributed by atoms with Gasteiger partial charge in [0.1, 0.15) is 0 Å². The normalized spacial score (nSPS) is 23.3. The Hall–Kier alpha value is -1.65. The third kappa shape index (κ3) is 3.52. The zero-order valence-corrected chi connectivity index (χ0v) is 12.5. The fraction of sp³-hybridized carbons (Fsp3) is 0.471. The van der Waals surface area contributed by atoms with Crippen molar-refractivity contribution in [2.24, 2.45) is 5.92 Å². The quantitative estimate of drug-likeness (QED) is 0.905. The fourth-order valence-electron chi connectivity index (χ4n) is 3.12. The van der Waals surface area contributed by atoms with Crippen LogP contribution in [0.1, 0.15) is 23.2 Å². The lowest BCUT2D eigenvalue weighted by molar-refractivity contribution is 0.0187. The highest BCUT2D eigenvalue weighted by Crippen LogP contribution is 2.23. The van der Waals surface area contributed by atoms with Crippen molar-refractivity contribution in [1.29, 1.82) is 0 Å². The first-order valence-corrected chi connectivity index (χ1v) is 7.65. The Kier molecular flexibility index (Phi) is 4.36. The summed E-state index contributed by atoms with van der Waals surface area (Å²) >= 11 is 0. The molecule has 112 valence electrons. The topological polar surface area (TPSA) is 52.2 Å². The molecule has 2 heterocycles. The van der Waals surface area contributed by atoms with Gasteiger partial charge in [-0.15, -0.1) is 0 Å². The number of H-pyrrole nitrogens is 1. The average molecular weight is 285 g/mol. The summed E-state index contributed by atoms with van der Waals surface area (Å²) < 4.78 is 0. The summed E-state index contributed by atoms with van der Waals surface area (Å²) in [5.74, 6) is 0.370. The summed E-state index contributed by atoms with van der Waals surface area (Å²) in [4.78, 5) is 2.32. The van der Waals surface area contributed by atoms with Crippen molar-refractivity contribution in [3.05, 3.63) is 53.3 Å². The molecule has 1 aromatic heterocycles. The van der Waals surface area contributed by atoms with E-state index in [0.29, 0.717) is 5.92 Å². The van der Waals surface area contributed by atoms with E-state index in [2.05, 4.69) is 39.4 Å². The van der Waals surface area contributed by atoms with E-state index in [1.54, 1.807) is 0 Å². The van der Waals surface area contributed by atoms with Crippen molar-refractivity contribution in [1.82, 2.24) is 15.1 Å². The lowest BCUT2D eigenvalue weighted by Gasteiger charge is -2.36. The van der Waals surface area contributed by atoms with Crippen LogP contribution in [0.15, 0.2) is 36.5 Å². The molecular weight excluding hydrogens is 262 g/mol. The number of hydrogen-bond acceptors (Lipinski definition) is 3. The van der Waals surface area contributed by atoms with Crippen LogP contribution in [-0.2, 0) is 13.0 Å². The Morgan fingerprint density at radius 2 is 2.14 bits per heavy atom. The van der Waals surface area contributed by atoms with Gasteiger partial charge in [0.2, 0.25) is 0 Å². The molecule has 0 unspecified atom stereocenters. The van der Waals surface area contributed by atoms with Gasteiger partial charge in [-0.05, 0) is 37.8 Å². The zero-order valence-electron chi connectivity index (χ0n) is 12.5. The zero-order chi connectivity index (χ0) is 14.7. The number of benzene rings is 1. The minimum atomic E-state index is -0.244. The summed E-state index contributed by atoms with van der Waals surface area (Å²) in [6.07, 6.45) is 3.66. The van der Waals surface area contributed by atoms with Gasteiger partial charge >= 0.3 is 0 Å². The highest BCUT2D eigenvalue weighted by molar-refractivity contribution is 5.16. The van der Waals surface area contributed by atoms with Crippen LogP contribution in [-0.4, -0.2) is 39.4 Å². The number of rotatable bonds is 4. The molecule has 0 radical (unpaired) electrons. The molecule has 0 bridgehead atoms. The molecule has 2 aromatic rings. The molecule has 1 aliphatic rings. The molecule has 2 N–H and O–H groups in total. The summed E-state index contributed by atoms with van der Waals surface area (Å²) in [6, 6.07) is 10.5. The molecule has 4 nitrogen and oxygen atoms in total. The van der Waals surface area contributed by atoms with Gasteiger partial charge in [0.25, 0.3) is 0 Å². The van der Waals surface area contributed by atoms with Crippen molar-refractivity contribution < 1.29 is 5.11 Å². The first-order chi connectivity index (χ1) is 10.2. The van der Waals surface area contributed by atoms with E-state index in [-0.39, 0.29) is 6.10 Å². The maximum Gasteiger partial charge on any atom is 0.0699 e. The SMILES string of the molecule is Cc1[nH]ncc1CN1CC[C@H](Cc2ccccc2)[C@@H](O)C1. The first-order valence-electron chi connectivity index (χ1n) is 7.65. The first kappa shape index (κ1) is 14.3. The second-order valence-electron chi connectivity index (χ2n) is 6.06. The van der Waals surface area contributed by atoms with E-state index in [4.69, 9.17) is 0 Å². The van der Waals surface area contributed by atoms with E-state index in [9.17, 15) is 5.11 Å². The maximum atomic E-state index is 10.4. The lowest BCUT2D eigenvalue weighted by atomic mass is 9.88. The van der Waals surface area contributed by atoms with Crippen LogP contribution in [0.3, 0.4) is 0 Å². The van der Waals surface area contributed by atoms with Crippen LogP contribution in [0, 0.1) is 12.8 Å². The monoisotopic (exact) mass is 285 g/mol. The van der Waals surface area contributed by atoms with E-state index >= 15 is 0 Å². The number of aromatic nitrogens is 2. The molecule has 1 fully saturated rings. The smallest absolute Gasteiger partial charge is 0.0699 e. The van der Waals surface area contributed by atoms with Crippen LogP contribution < -0.4 is 0 Å². The predicted molar refractivity (Wildman–Crippen MR) is 82.9 cm³/mol. The van der Waals surface area contributed by atoms with Crippen LogP contribution in [0.4, 0.5) is 0 Å². The Balaban J connectivity index is 1.56. The standard InChI is InChI=1S/C17H23N3O/c1-13-16(10-18-19-13)11-20-8-7-15(17(21)12-20)9-14-5-3-2-4-6-14/h2-6,10,15,17,21H,7-9,11-12H2,1H3,(H,18,19)/t15-,17+/m1/s1. The van der Waals surface area contributed by atoms with Crippen molar-refractivity contribution >= 4 is 0 Å². The number of nitrogens with one attached hydrogen (secondary N) is 1. The Labute approximate surface area is 125 Å². The summed E-state index contributed by atoms with van der Waals surface area (Å²) in [7, 11) is 0. The van der Waals surface area contributed by atoms with Crippen LogP contribution >= 0.6 is 0 Å². The number of hydrogen-bond donors (Lipinski definition) is 2. The Morgan fingerprint density at radius 3 is 2.81 bits per heavy atom. The number of likely N-dealkylation sites (tertiary alicyclic amines) is 1. The molecule has 0 spiro atoms. The van der Waals surface area contributed by atoms with E-state index in [1.807, 2.05) is 19.2 Å². The van der Waals surface area contributed by atoms with Crippen molar-refractivity contribution in [2.75, 3.05) is 13.1 Å². The van der Waals surface area contributed by atoms with Crippen LogP contribution in [0.25, 0.3) is 0 Å². The third-order valence-corrected chi connectivity index (χ3v) is 4.47. The molecular formula is C17H23N3O. The molecule has 0 amide bonds. The number of nitrogens with zero attached hydrogens (tertiary/aromatic N) is 2. The molecule has 2 atom stereocenters. The van der Waals surface area contributed by atoms with Gasteiger partial charge in [0.05, 0.1) is 12.3 Å². The lowest BCUT2D eigenvalue weighted by Crippen LogP contribution is -2.44. The molecule has 0 aliphatic carbocycles. The molecule has 1 aromatic carbocycles. The second kappa shape index (κ2) is 6.41. The molecule has 21 heavy (non-hydrogen) atoms. The van der Waals surface area contributed by atoms with Crippen LogP contribution in [0.5, 0.6) is 0 Å². The number of β-amino-alcohol motifs (C(OH)–C–C–N with tert-alkyl or cyclic N) is 1. The van der Waals surface area contributed by atoms with E-state index in [1.165, 1.54) is 11.1 Å². The second-order valence-corrected chi connectivity index (χ2v) is 6.06. The molecule has 1 saturated heterocycles. The Bertz CT molecular complexity index is 566. The van der Waals surface area contributed by atoms with Crippen molar-refractivity contribution in [2.45, 2.75) is 32.4 Å². The molecule has 4 heteroatoms. The van der Waals surface area contributed by atoms with E-state index < -0.39 is 0 Å².